The Morgan fingerprint density at radius 1 is 0.500 bits per heavy atom. The lowest BCUT2D eigenvalue weighted by Gasteiger charge is -2.14. The van der Waals surface area contributed by atoms with Gasteiger partial charge in [0.15, 0.2) is 0 Å². The van der Waals surface area contributed by atoms with Crippen LogP contribution in [0.4, 0.5) is 0 Å². The summed E-state index contributed by atoms with van der Waals surface area (Å²) in [5.41, 5.74) is 2.90. The van der Waals surface area contributed by atoms with E-state index in [2.05, 4.69) is 19.3 Å². The van der Waals surface area contributed by atoms with Gasteiger partial charge in [0, 0.05) is 13.2 Å². The Hall–Kier alpha value is -0.240. The number of hydroxylamine groups is 1. The summed E-state index contributed by atoms with van der Waals surface area (Å²) in [4.78, 5) is 5.38. The standard InChI is InChI=1S/C28H59NO5/c1-27(15-9-5-3-4-7-13-22-32-25-20-30)17-11-12-18-28(2)16-10-6-8-14-23-34-29-19-24-33-26-21-31/h27-31H,3-26H2,1-2H3. The SMILES string of the molecule is CC(CCCCCCCCOCCO)CCCCC(C)CCCCCCONCCOCCO. The second kappa shape index (κ2) is 29.0. The van der Waals surface area contributed by atoms with Gasteiger partial charge < -0.3 is 24.5 Å². The van der Waals surface area contributed by atoms with Crippen molar-refractivity contribution in [3.8, 4) is 0 Å². The van der Waals surface area contributed by atoms with E-state index in [1.807, 2.05) is 0 Å². The van der Waals surface area contributed by atoms with Crippen molar-refractivity contribution in [3.05, 3.63) is 0 Å². The first-order valence-corrected chi connectivity index (χ1v) is 14.4. The van der Waals surface area contributed by atoms with Gasteiger partial charge in [0.2, 0.25) is 0 Å². The zero-order chi connectivity index (χ0) is 25.0. The lowest BCUT2D eigenvalue weighted by Crippen LogP contribution is -2.21. The average molecular weight is 490 g/mol. The average Bonchev–Trinajstić information content (AvgIpc) is 2.83. The summed E-state index contributed by atoms with van der Waals surface area (Å²) in [6.07, 6.45) is 21.2. The lowest BCUT2D eigenvalue weighted by atomic mass is 9.93. The molecule has 3 N–H and O–H groups in total. The molecular weight excluding hydrogens is 430 g/mol. The first kappa shape index (κ1) is 33.8. The summed E-state index contributed by atoms with van der Waals surface area (Å²) in [7, 11) is 0. The molecule has 0 radical (unpaired) electrons. The highest BCUT2D eigenvalue weighted by Gasteiger charge is 2.05. The van der Waals surface area contributed by atoms with Crippen LogP contribution < -0.4 is 5.48 Å². The fourth-order valence-electron chi connectivity index (χ4n) is 4.29. The first-order valence-electron chi connectivity index (χ1n) is 14.4. The van der Waals surface area contributed by atoms with Crippen LogP contribution in [-0.4, -0.2) is 63.0 Å². The van der Waals surface area contributed by atoms with Crippen molar-refractivity contribution in [2.45, 2.75) is 117 Å². The quantitative estimate of drug-likeness (QED) is 0.0878. The number of hydrogen-bond acceptors (Lipinski definition) is 6. The predicted octanol–water partition coefficient (Wildman–Crippen LogP) is 6.04. The van der Waals surface area contributed by atoms with Gasteiger partial charge in [0.25, 0.3) is 0 Å². The molecule has 2 unspecified atom stereocenters. The molecule has 0 fully saturated rings. The summed E-state index contributed by atoms with van der Waals surface area (Å²) in [6, 6.07) is 0. The molecule has 0 saturated heterocycles. The number of aliphatic hydroxyl groups is 2. The molecule has 0 aliphatic rings. The molecule has 0 spiro atoms. The van der Waals surface area contributed by atoms with Crippen LogP contribution in [0.3, 0.4) is 0 Å². The fourth-order valence-corrected chi connectivity index (χ4v) is 4.29. The van der Waals surface area contributed by atoms with Crippen LogP contribution in [0.5, 0.6) is 0 Å². The van der Waals surface area contributed by atoms with E-state index < -0.39 is 0 Å². The molecule has 6 heteroatoms. The highest BCUT2D eigenvalue weighted by Crippen LogP contribution is 2.21. The molecule has 0 aromatic carbocycles. The lowest BCUT2D eigenvalue weighted by molar-refractivity contribution is 0.0136. The zero-order valence-electron chi connectivity index (χ0n) is 22.7. The highest BCUT2D eigenvalue weighted by molar-refractivity contribution is 4.59. The molecule has 0 bridgehead atoms. The van der Waals surface area contributed by atoms with Crippen molar-refractivity contribution in [1.82, 2.24) is 5.48 Å². The smallest absolute Gasteiger partial charge is 0.0698 e. The number of ether oxygens (including phenoxy) is 2. The van der Waals surface area contributed by atoms with E-state index in [4.69, 9.17) is 24.5 Å². The van der Waals surface area contributed by atoms with Gasteiger partial charge in [-0.25, -0.2) is 5.48 Å². The van der Waals surface area contributed by atoms with Crippen molar-refractivity contribution in [2.75, 3.05) is 52.8 Å². The summed E-state index contributed by atoms with van der Waals surface area (Å²) in [5.74, 6) is 1.74. The van der Waals surface area contributed by atoms with Crippen molar-refractivity contribution in [2.24, 2.45) is 11.8 Å². The summed E-state index contributed by atoms with van der Waals surface area (Å²) in [5, 5.41) is 17.3. The number of hydrogen-bond donors (Lipinski definition) is 3. The van der Waals surface area contributed by atoms with Gasteiger partial charge in [0.1, 0.15) is 0 Å². The minimum Gasteiger partial charge on any atom is -0.394 e. The predicted molar refractivity (Wildman–Crippen MR) is 142 cm³/mol. The van der Waals surface area contributed by atoms with Crippen LogP contribution in [0, 0.1) is 11.8 Å². The van der Waals surface area contributed by atoms with Gasteiger partial charge in [-0.15, -0.1) is 0 Å². The van der Waals surface area contributed by atoms with E-state index in [0.29, 0.717) is 26.4 Å². The van der Waals surface area contributed by atoms with Crippen molar-refractivity contribution in [1.29, 1.82) is 0 Å². The van der Waals surface area contributed by atoms with Gasteiger partial charge in [-0.3, -0.25) is 0 Å². The number of aliphatic hydroxyl groups excluding tert-OH is 2. The zero-order valence-corrected chi connectivity index (χ0v) is 22.7. The molecule has 0 saturated carbocycles. The summed E-state index contributed by atoms with van der Waals surface area (Å²) < 4.78 is 10.4. The van der Waals surface area contributed by atoms with Crippen molar-refractivity contribution >= 4 is 0 Å². The molecule has 0 aromatic heterocycles. The Balaban J connectivity index is 3.26. The Morgan fingerprint density at radius 3 is 1.44 bits per heavy atom. The third-order valence-electron chi connectivity index (χ3n) is 6.49. The van der Waals surface area contributed by atoms with E-state index in [9.17, 15) is 0 Å². The molecule has 206 valence electrons. The molecule has 0 aliphatic heterocycles. The van der Waals surface area contributed by atoms with Crippen LogP contribution in [0.2, 0.25) is 0 Å². The van der Waals surface area contributed by atoms with Crippen LogP contribution in [0.1, 0.15) is 117 Å². The third-order valence-corrected chi connectivity index (χ3v) is 6.49. The van der Waals surface area contributed by atoms with E-state index >= 15 is 0 Å². The largest absolute Gasteiger partial charge is 0.394 e. The topological polar surface area (TPSA) is 80.2 Å². The first-order chi connectivity index (χ1) is 16.7. The molecule has 0 amide bonds. The van der Waals surface area contributed by atoms with Gasteiger partial charge in [-0.2, -0.15) is 0 Å². The molecule has 34 heavy (non-hydrogen) atoms. The number of rotatable bonds is 29. The van der Waals surface area contributed by atoms with Crippen LogP contribution in [0.15, 0.2) is 0 Å². The Morgan fingerprint density at radius 2 is 0.912 bits per heavy atom. The molecule has 0 aliphatic carbocycles. The van der Waals surface area contributed by atoms with E-state index in [1.165, 1.54) is 89.9 Å². The molecule has 0 aromatic rings. The minimum absolute atomic E-state index is 0.0748. The summed E-state index contributed by atoms with van der Waals surface area (Å²) >= 11 is 0. The molecule has 2 atom stereocenters. The van der Waals surface area contributed by atoms with Gasteiger partial charge in [0.05, 0.1) is 39.6 Å². The Labute approximate surface area is 211 Å². The monoisotopic (exact) mass is 489 g/mol. The van der Waals surface area contributed by atoms with Crippen molar-refractivity contribution < 1.29 is 24.5 Å². The van der Waals surface area contributed by atoms with E-state index in [-0.39, 0.29) is 13.2 Å². The minimum atomic E-state index is 0.0748. The van der Waals surface area contributed by atoms with E-state index in [0.717, 1.165) is 37.9 Å². The second-order valence-electron chi connectivity index (χ2n) is 10.0. The summed E-state index contributed by atoms with van der Waals surface area (Å²) in [6.45, 7) is 8.75. The van der Waals surface area contributed by atoms with Crippen molar-refractivity contribution in [3.63, 3.8) is 0 Å². The fraction of sp³-hybridized carbons (Fsp3) is 1.00. The maximum Gasteiger partial charge on any atom is 0.0698 e. The van der Waals surface area contributed by atoms with E-state index in [1.54, 1.807) is 0 Å². The molecule has 0 heterocycles. The number of unbranched alkanes of at least 4 members (excludes halogenated alkanes) is 9. The second-order valence-corrected chi connectivity index (χ2v) is 10.0. The Bertz CT molecular complexity index is 373. The molecule has 6 nitrogen and oxygen atoms in total. The van der Waals surface area contributed by atoms with Gasteiger partial charge in [-0.1, -0.05) is 104 Å². The number of nitrogens with one attached hydrogen (secondary N) is 1. The van der Waals surface area contributed by atoms with Crippen LogP contribution >= 0.6 is 0 Å². The van der Waals surface area contributed by atoms with Crippen LogP contribution in [0.25, 0.3) is 0 Å². The normalized spacial score (nSPS) is 13.4. The maximum absolute atomic E-state index is 8.66. The third kappa shape index (κ3) is 28.0. The van der Waals surface area contributed by atoms with Crippen LogP contribution in [-0.2, 0) is 14.3 Å². The molecule has 0 rings (SSSR count). The maximum atomic E-state index is 8.66. The van der Waals surface area contributed by atoms with Gasteiger partial charge >= 0.3 is 0 Å². The van der Waals surface area contributed by atoms with Gasteiger partial charge in [-0.05, 0) is 24.7 Å². The Kier molecular flexibility index (Phi) is 28.8. The molecular formula is C28H59NO5. The highest BCUT2D eigenvalue weighted by atomic mass is 16.6.